The molecular formula is C22H24Cl2N2O3. The van der Waals surface area contributed by atoms with E-state index in [-0.39, 0.29) is 5.91 Å². The zero-order chi connectivity index (χ0) is 20.8. The SMILES string of the molecule is C=C1COc2cc(NC(=O)CCCOc3ccc(Cl)cc3Cl)ccc2N1CCC. The van der Waals surface area contributed by atoms with E-state index in [1.54, 1.807) is 18.2 Å². The van der Waals surface area contributed by atoms with Crippen molar-refractivity contribution >= 4 is 40.5 Å². The van der Waals surface area contributed by atoms with E-state index in [1.165, 1.54) is 0 Å². The molecule has 0 saturated heterocycles. The average molecular weight is 435 g/mol. The number of carbonyl (C=O) groups excluding carboxylic acids is 1. The molecule has 1 N–H and O–H groups in total. The number of anilines is 2. The number of halogens is 2. The topological polar surface area (TPSA) is 50.8 Å². The zero-order valence-corrected chi connectivity index (χ0v) is 17.9. The number of fused-ring (bicyclic) bond motifs is 1. The standard InChI is InChI=1S/C22H24Cl2N2O3/c1-3-10-26-15(2)14-29-21-13-17(7-8-19(21)26)25-22(27)5-4-11-28-20-9-6-16(23)12-18(20)24/h6-9,12-13H,2-5,10-11,14H2,1H3,(H,25,27). The Kier molecular flexibility index (Phi) is 7.29. The van der Waals surface area contributed by atoms with E-state index >= 15 is 0 Å². The fraction of sp³-hybridized carbons (Fsp3) is 0.318. The number of amides is 1. The lowest BCUT2D eigenvalue weighted by atomic mass is 10.2. The van der Waals surface area contributed by atoms with Crippen LogP contribution in [0.5, 0.6) is 11.5 Å². The lowest BCUT2D eigenvalue weighted by Crippen LogP contribution is -2.30. The summed E-state index contributed by atoms with van der Waals surface area (Å²) >= 11 is 11.9. The normalized spacial score (nSPS) is 12.9. The second-order valence-electron chi connectivity index (χ2n) is 6.76. The van der Waals surface area contributed by atoms with Gasteiger partial charge in [0.1, 0.15) is 18.1 Å². The van der Waals surface area contributed by atoms with Gasteiger partial charge in [0.05, 0.1) is 17.3 Å². The van der Waals surface area contributed by atoms with E-state index < -0.39 is 0 Å². The van der Waals surface area contributed by atoms with Crippen LogP contribution in [0.1, 0.15) is 26.2 Å². The first-order valence-corrected chi connectivity index (χ1v) is 10.3. The highest BCUT2D eigenvalue weighted by Gasteiger charge is 2.21. The molecule has 3 rings (SSSR count). The summed E-state index contributed by atoms with van der Waals surface area (Å²) in [5.41, 5.74) is 2.63. The largest absolute Gasteiger partial charge is 0.492 e. The van der Waals surface area contributed by atoms with Crippen molar-refractivity contribution in [3.63, 3.8) is 0 Å². The Hall–Kier alpha value is -2.37. The third-order valence-corrected chi connectivity index (χ3v) is 4.99. The summed E-state index contributed by atoms with van der Waals surface area (Å²) in [4.78, 5) is 14.4. The predicted molar refractivity (Wildman–Crippen MR) is 119 cm³/mol. The van der Waals surface area contributed by atoms with E-state index in [1.807, 2.05) is 18.2 Å². The van der Waals surface area contributed by atoms with Crippen molar-refractivity contribution in [1.29, 1.82) is 0 Å². The highest BCUT2D eigenvalue weighted by Crippen LogP contribution is 2.37. The highest BCUT2D eigenvalue weighted by molar-refractivity contribution is 6.35. The van der Waals surface area contributed by atoms with Crippen LogP contribution in [0.2, 0.25) is 10.0 Å². The first-order chi connectivity index (χ1) is 14.0. The van der Waals surface area contributed by atoms with Gasteiger partial charge in [0.25, 0.3) is 0 Å². The maximum absolute atomic E-state index is 12.2. The Balaban J connectivity index is 1.50. The molecule has 154 valence electrons. The molecule has 0 atom stereocenters. The predicted octanol–water partition coefficient (Wildman–Crippen LogP) is 5.91. The van der Waals surface area contributed by atoms with Gasteiger partial charge >= 0.3 is 0 Å². The zero-order valence-electron chi connectivity index (χ0n) is 16.3. The molecule has 1 amide bonds. The highest BCUT2D eigenvalue weighted by atomic mass is 35.5. The Bertz CT molecular complexity index is 902. The number of rotatable bonds is 8. The summed E-state index contributed by atoms with van der Waals surface area (Å²) in [6.07, 6.45) is 1.92. The van der Waals surface area contributed by atoms with E-state index in [0.29, 0.717) is 47.5 Å². The molecule has 0 saturated carbocycles. The van der Waals surface area contributed by atoms with Gasteiger partial charge in [-0.15, -0.1) is 0 Å². The maximum atomic E-state index is 12.2. The number of ether oxygens (including phenoxy) is 2. The third-order valence-electron chi connectivity index (χ3n) is 4.46. The van der Waals surface area contributed by atoms with Gasteiger partial charge < -0.3 is 19.7 Å². The molecule has 0 fully saturated rings. The molecule has 0 aliphatic carbocycles. The number of benzene rings is 2. The van der Waals surface area contributed by atoms with Gasteiger partial charge in [-0.05, 0) is 43.2 Å². The van der Waals surface area contributed by atoms with Crippen molar-refractivity contribution in [2.24, 2.45) is 0 Å². The van der Waals surface area contributed by atoms with Crippen molar-refractivity contribution in [2.75, 3.05) is 30.0 Å². The van der Waals surface area contributed by atoms with Crippen LogP contribution in [0.3, 0.4) is 0 Å². The van der Waals surface area contributed by atoms with E-state index in [2.05, 4.69) is 23.7 Å². The Morgan fingerprint density at radius 1 is 1.28 bits per heavy atom. The molecule has 0 aromatic heterocycles. The minimum absolute atomic E-state index is 0.0820. The van der Waals surface area contributed by atoms with Crippen LogP contribution in [0, 0.1) is 0 Å². The fourth-order valence-corrected chi connectivity index (χ4v) is 3.54. The van der Waals surface area contributed by atoms with E-state index in [0.717, 1.165) is 30.1 Å². The number of hydrogen-bond acceptors (Lipinski definition) is 4. The molecule has 5 nitrogen and oxygen atoms in total. The fourth-order valence-electron chi connectivity index (χ4n) is 3.07. The summed E-state index contributed by atoms with van der Waals surface area (Å²) in [5, 5.41) is 3.92. The van der Waals surface area contributed by atoms with Crippen LogP contribution in [0.15, 0.2) is 48.7 Å². The first kappa shape index (κ1) is 21.3. The van der Waals surface area contributed by atoms with Crippen LogP contribution in [0.4, 0.5) is 11.4 Å². The smallest absolute Gasteiger partial charge is 0.224 e. The molecule has 2 aromatic carbocycles. The lowest BCUT2D eigenvalue weighted by Gasteiger charge is -2.33. The lowest BCUT2D eigenvalue weighted by molar-refractivity contribution is -0.116. The number of carbonyl (C=O) groups is 1. The Labute approximate surface area is 181 Å². The van der Waals surface area contributed by atoms with Crippen LogP contribution >= 0.6 is 23.2 Å². The molecule has 0 spiro atoms. The number of nitrogens with zero attached hydrogens (tertiary/aromatic N) is 1. The molecule has 1 aliphatic rings. The van der Waals surface area contributed by atoms with Gasteiger partial charge in [-0.2, -0.15) is 0 Å². The van der Waals surface area contributed by atoms with Gasteiger partial charge in [-0.25, -0.2) is 0 Å². The molecule has 7 heteroatoms. The molecule has 1 heterocycles. The van der Waals surface area contributed by atoms with Gasteiger partial charge in [-0.3, -0.25) is 4.79 Å². The van der Waals surface area contributed by atoms with Gasteiger partial charge in [0.15, 0.2) is 0 Å². The maximum Gasteiger partial charge on any atom is 0.224 e. The van der Waals surface area contributed by atoms with Crippen molar-refractivity contribution in [3.8, 4) is 11.5 Å². The first-order valence-electron chi connectivity index (χ1n) is 9.57. The monoisotopic (exact) mass is 434 g/mol. The van der Waals surface area contributed by atoms with Gasteiger partial charge in [0, 0.05) is 35.4 Å². The van der Waals surface area contributed by atoms with Crippen LogP contribution < -0.4 is 19.7 Å². The third kappa shape index (κ3) is 5.58. The van der Waals surface area contributed by atoms with Crippen LogP contribution in [0.25, 0.3) is 0 Å². The number of hydrogen-bond donors (Lipinski definition) is 1. The second kappa shape index (κ2) is 9.90. The molecule has 29 heavy (non-hydrogen) atoms. The van der Waals surface area contributed by atoms with Crippen molar-refractivity contribution in [1.82, 2.24) is 0 Å². The van der Waals surface area contributed by atoms with Crippen molar-refractivity contribution < 1.29 is 14.3 Å². The Morgan fingerprint density at radius 3 is 2.86 bits per heavy atom. The van der Waals surface area contributed by atoms with Gasteiger partial charge in [0.2, 0.25) is 5.91 Å². The molecule has 0 bridgehead atoms. The summed E-state index contributed by atoms with van der Waals surface area (Å²) in [5.74, 6) is 1.23. The molecule has 0 unspecified atom stereocenters. The average Bonchev–Trinajstić information content (AvgIpc) is 2.69. The van der Waals surface area contributed by atoms with Gasteiger partial charge in [-0.1, -0.05) is 36.7 Å². The van der Waals surface area contributed by atoms with Crippen LogP contribution in [-0.2, 0) is 4.79 Å². The van der Waals surface area contributed by atoms with Crippen LogP contribution in [-0.4, -0.2) is 25.7 Å². The summed E-state index contributed by atoms with van der Waals surface area (Å²) in [7, 11) is 0. The van der Waals surface area contributed by atoms with Crippen molar-refractivity contribution in [2.45, 2.75) is 26.2 Å². The van der Waals surface area contributed by atoms with E-state index in [9.17, 15) is 4.79 Å². The minimum Gasteiger partial charge on any atom is -0.492 e. The summed E-state index contributed by atoms with van der Waals surface area (Å²) < 4.78 is 11.4. The molecule has 2 aromatic rings. The second-order valence-corrected chi connectivity index (χ2v) is 7.61. The number of nitrogens with one attached hydrogen (secondary N) is 1. The quantitative estimate of drug-likeness (QED) is 0.524. The minimum atomic E-state index is -0.0820. The molecule has 0 radical (unpaired) electrons. The summed E-state index contributed by atoms with van der Waals surface area (Å²) in [6, 6.07) is 10.7. The Morgan fingerprint density at radius 2 is 2.10 bits per heavy atom. The summed E-state index contributed by atoms with van der Waals surface area (Å²) in [6.45, 7) is 7.91. The molecular weight excluding hydrogens is 411 g/mol. The van der Waals surface area contributed by atoms with E-state index in [4.69, 9.17) is 32.7 Å². The molecule has 1 aliphatic heterocycles. The van der Waals surface area contributed by atoms with Crippen molar-refractivity contribution in [3.05, 3.63) is 58.7 Å².